The Morgan fingerprint density at radius 2 is 2.13 bits per heavy atom. The van der Waals surface area contributed by atoms with Crippen molar-refractivity contribution in [2.45, 2.75) is 32.6 Å². The first-order valence-corrected chi connectivity index (χ1v) is 5.46. The van der Waals surface area contributed by atoms with Crippen LogP contribution in [-0.2, 0) is 16.0 Å². The van der Waals surface area contributed by atoms with Crippen LogP contribution in [0.3, 0.4) is 0 Å². The Kier molecular flexibility index (Phi) is 3.07. The number of aromatic nitrogens is 2. The fourth-order valence-electron chi connectivity index (χ4n) is 1.94. The third-order valence-electron chi connectivity index (χ3n) is 2.93. The van der Waals surface area contributed by atoms with Gasteiger partial charge in [-0.05, 0) is 0 Å². The van der Waals surface area contributed by atoms with Crippen molar-refractivity contribution in [1.29, 1.82) is 0 Å². The standard InChI is InChI=1S/C11H18N2O2/c1-10(2)11(14-7-8-15-11)3-5-13-6-4-12-9-13/h4,6,9-10H,3,5,7-8H2,1-2H3. The van der Waals surface area contributed by atoms with Crippen molar-refractivity contribution >= 4 is 0 Å². The van der Waals surface area contributed by atoms with Gasteiger partial charge < -0.3 is 14.0 Å². The van der Waals surface area contributed by atoms with Crippen LogP contribution in [0.5, 0.6) is 0 Å². The average Bonchev–Trinajstić information content (AvgIpc) is 2.87. The number of imidazole rings is 1. The molecule has 1 aromatic rings. The van der Waals surface area contributed by atoms with Crippen LogP contribution >= 0.6 is 0 Å². The van der Waals surface area contributed by atoms with Gasteiger partial charge in [0, 0.05) is 31.3 Å². The highest BCUT2D eigenvalue weighted by Gasteiger charge is 2.39. The largest absolute Gasteiger partial charge is 0.347 e. The molecule has 1 aliphatic rings. The Morgan fingerprint density at radius 3 is 2.67 bits per heavy atom. The average molecular weight is 210 g/mol. The monoisotopic (exact) mass is 210 g/mol. The molecule has 1 aliphatic heterocycles. The molecular formula is C11H18N2O2. The Labute approximate surface area is 90.2 Å². The smallest absolute Gasteiger partial charge is 0.172 e. The topological polar surface area (TPSA) is 36.3 Å². The van der Waals surface area contributed by atoms with Gasteiger partial charge in [-0.2, -0.15) is 0 Å². The van der Waals surface area contributed by atoms with E-state index in [0.29, 0.717) is 19.1 Å². The summed E-state index contributed by atoms with van der Waals surface area (Å²) in [5.41, 5.74) is 0. The fraction of sp³-hybridized carbons (Fsp3) is 0.727. The summed E-state index contributed by atoms with van der Waals surface area (Å²) in [4.78, 5) is 4.02. The third-order valence-corrected chi connectivity index (χ3v) is 2.93. The maximum atomic E-state index is 5.74. The summed E-state index contributed by atoms with van der Waals surface area (Å²) in [6.07, 6.45) is 6.45. The molecule has 0 bridgehead atoms. The fourth-order valence-corrected chi connectivity index (χ4v) is 1.94. The van der Waals surface area contributed by atoms with Gasteiger partial charge >= 0.3 is 0 Å². The summed E-state index contributed by atoms with van der Waals surface area (Å²) in [6, 6.07) is 0. The number of hydrogen-bond acceptors (Lipinski definition) is 3. The maximum absolute atomic E-state index is 5.74. The minimum absolute atomic E-state index is 0.378. The summed E-state index contributed by atoms with van der Waals surface area (Å²) in [5, 5.41) is 0. The van der Waals surface area contributed by atoms with E-state index in [1.165, 1.54) is 0 Å². The third kappa shape index (κ3) is 2.21. The maximum Gasteiger partial charge on any atom is 0.172 e. The van der Waals surface area contributed by atoms with E-state index in [2.05, 4.69) is 23.4 Å². The highest BCUT2D eigenvalue weighted by Crippen LogP contribution is 2.31. The van der Waals surface area contributed by atoms with Gasteiger partial charge in [-0.3, -0.25) is 0 Å². The van der Waals surface area contributed by atoms with Crippen LogP contribution in [0.4, 0.5) is 0 Å². The molecule has 2 heterocycles. The summed E-state index contributed by atoms with van der Waals surface area (Å²) in [5.74, 6) is -0.00639. The molecule has 0 amide bonds. The van der Waals surface area contributed by atoms with Gasteiger partial charge in [0.15, 0.2) is 5.79 Å². The van der Waals surface area contributed by atoms with Gasteiger partial charge in [0.2, 0.25) is 0 Å². The van der Waals surface area contributed by atoms with E-state index < -0.39 is 0 Å². The van der Waals surface area contributed by atoms with Crippen LogP contribution in [0, 0.1) is 5.92 Å². The zero-order valence-electron chi connectivity index (χ0n) is 9.35. The van der Waals surface area contributed by atoms with E-state index in [9.17, 15) is 0 Å². The SMILES string of the molecule is CC(C)C1(CCn2ccnc2)OCCO1. The molecule has 4 nitrogen and oxygen atoms in total. The first kappa shape index (κ1) is 10.6. The molecule has 84 valence electrons. The molecule has 4 heteroatoms. The molecule has 0 unspecified atom stereocenters. The highest BCUT2D eigenvalue weighted by molar-refractivity contribution is 4.80. The Hall–Kier alpha value is -0.870. The molecule has 15 heavy (non-hydrogen) atoms. The zero-order valence-corrected chi connectivity index (χ0v) is 9.35. The van der Waals surface area contributed by atoms with Crippen molar-refractivity contribution in [3.63, 3.8) is 0 Å². The molecule has 0 atom stereocenters. The molecule has 0 radical (unpaired) electrons. The predicted octanol–water partition coefficient (Wildman–Crippen LogP) is 1.67. The van der Waals surface area contributed by atoms with Crippen molar-refractivity contribution in [3.05, 3.63) is 18.7 Å². The molecule has 0 aliphatic carbocycles. The van der Waals surface area contributed by atoms with Gasteiger partial charge in [0.25, 0.3) is 0 Å². The van der Waals surface area contributed by atoms with Gasteiger partial charge in [-0.1, -0.05) is 13.8 Å². The first-order chi connectivity index (χ1) is 7.23. The van der Waals surface area contributed by atoms with Gasteiger partial charge in [-0.25, -0.2) is 4.98 Å². The lowest BCUT2D eigenvalue weighted by molar-refractivity contribution is -0.193. The van der Waals surface area contributed by atoms with E-state index in [1.807, 2.05) is 12.5 Å². The highest BCUT2D eigenvalue weighted by atomic mass is 16.7. The van der Waals surface area contributed by atoms with E-state index >= 15 is 0 Å². The molecule has 0 saturated carbocycles. The van der Waals surface area contributed by atoms with Crippen LogP contribution in [0.25, 0.3) is 0 Å². The molecule has 1 fully saturated rings. The van der Waals surface area contributed by atoms with E-state index in [1.54, 1.807) is 6.20 Å². The van der Waals surface area contributed by atoms with Crippen LogP contribution in [0.1, 0.15) is 20.3 Å². The number of nitrogens with zero attached hydrogens (tertiary/aromatic N) is 2. The molecule has 0 aromatic carbocycles. The van der Waals surface area contributed by atoms with Crippen molar-refractivity contribution in [1.82, 2.24) is 9.55 Å². The van der Waals surface area contributed by atoms with Crippen LogP contribution in [0.2, 0.25) is 0 Å². The summed E-state index contributed by atoms with van der Waals surface area (Å²) < 4.78 is 13.5. The van der Waals surface area contributed by atoms with Gasteiger partial charge in [0.1, 0.15) is 0 Å². The number of hydrogen-bond donors (Lipinski definition) is 0. The lowest BCUT2D eigenvalue weighted by Crippen LogP contribution is -2.37. The van der Waals surface area contributed by atoms with Crippen LogP contribution in [0.15, 0.2) is 18.7 Å². The second kappa shape index (κ2) is 4.33. The number of rotatable bonds is 4. The van der Waals surface area contributed by atoms with Crippen LogP contribution < -0.4 is 0 Å². The number of ether oxygens (including phenoxy) is 2. The summed E-state index contributed by atoms with van der Waals surface area (Å²) in [7, 11) is 0. The normalized spacial score (nSPS) is 19.9. The van der Waals surface area contributed by atoms with E-state index in [4.69, 9.17) is 9.47 Å². The van der Waals surface area contributed by atoms with Crippen molar-refractivity contribution in [2.75, 3.05) is 13.2 Å². The summed E-state index contributed by atoms with van der Waals surface area (Å²) >= 11 is 0. The predicted molar refractivity (Wildman–Crippen MR) is 56.3 cm³/mol. The van der Waals surface area contributed by atoms with Crippen molar-refractivity contribution < 1.29 is 9.47 Å². The minimum atomic E-state index is -0.385. The molecule has 0 spiro atoms. The Morgan fingerprint density at radius 1 is 1.40 bits per heavy atom. The lowest BCUT2D eigenvalue weighted by Gasteiger charge is -2.31. The first-order valence-electron chi connectivity index (χ1n) is 5.46. The quantitative estimate of drug-likeness (QED) is 0.758. The van der Waals surface area contributed by atoms with Gasteiger partial charge in [0.05, 0.1) is 19.5 Å². The second-order valence-corrected chi connectivity index (χ2v) is 4.21. The molecular weight excluding hydrogens is 192 g/mol. The summed E-state index contributed by atoms with van der Waals surface area (Å²) in [6.45, 7) is 6.58. The van der Waals surface area contributed by atoms with Crippen molar-refractivity contribution in [2.24, 2.45) is 5.92 Å². The van der Waals surface area contributed by atoms with E-state index in [-0.39, 0.29) is 5.79 Å². The Bertz CT molecular complexity index is 290. The minimum Gasteiger partial charge on any atom is -0.347 e. The number of aryl methyl sites for hydroxylation is 1. The van der Waals surface area contributed by atoms with Crippen LogP contribution in [-0.4, -0.2) is 28.6 Å². The molecule has 0 N–H and O–H groups in total. The molecule has 2 rings (SSSR count). The zero-order chi connectivity index (χ0) is 10.7. The Balaban J connectivity index is 1.96. The molecule has 1 aromatic heterocycles. The lowest BCUT2D eigenvalue weighted by atomic mass is 9.99. The van der Waals surface area contributed by atoms with Crippen molar-refractivity contribution in [3.8, 4) is 0 Å². The molecule has 1 saturated heterocycles. The van der Waals surface area contributed by atoms with Gasteiger partial charge in [-0.15, -0.1) is 0 Å². The second-order valence-electron chi connectivity index (χ2n) is 4.21. The van der Waals surface area contributed by atoms with E-state index in [0.717, 1.165) is 13.0 Å².